The first kappa shape index (κ1) is 14.5. The maximum Gasteiger partial charge on any atom is 0.222 e. The maximum absolute atomic E-state index is 5.95. The van der Waals surface area contributed by atoms with Gasteiger partial charge in [0.25, 0.3) is 0 Å². The third kappa shape index (κ3) is 3.36. The zero-order valence-electron chi connectivity index (χ0n) is 12.7. The van der Waals surface area contributed by atoms with Gasteiger partial charge in [0.1, 0.15) is 5.75 Å². The summed E-state index contributed by atoms with van der Waals surface area (Å²) in [4.78, 5) is 4.43. The molecule has 2 aromatic rings. The summed E-state index contributed by atoms with van der Waals surface area (Å²) in [6.45, 7) is 10.1. The SMILES string of the molecule is CCNCc1cnc(Oc2cccc(C)c2C)c(C)c1. The fourth-order valence-corrected chi connectivity index (χ4v) is 2.03. The van der Waals surface area contributed by atoms with E-state index in [-0.39, 0.29) is 0 Å². The normalized spacial score (nSPS) is 10.6. The van der Waals surface area contributed by atoms with Crippen LogP contribution >= 0.6 is 0 Å². The highest BCUT2D eigenvalue weighted by Gasteiger charge is 2.07. The van der Waals surface area contributed by atoms with Crippen molar-refractivity contribution in [1.29, 1.82) is 0 Å². The summed E-state index contributed by atoms with van der Waals surface area (Å²) in [5.41, 5.74) is 4.62. The molecule has 0 aliphatic rings. The molecule has 3 heteroatoms. The van der Waals surface area contributed by atoms with Crippen LogP contribution in [0.25, 0.3) is 0 Å². The summed E-state index contributed by atoms with van der Waals surface area (Å²) in [5, 5.41) is 3.30. The van der Waals surface area contributed by atoms with Crippen LogP contribution in [0.5, 0.6) is 11.6 Å². The average Bonchev–Trinajstić information content (AvgIpc) is 2.44. The van der Waals surface area contributed by atoms with Gasteiger partial charge in [-0.1, -0.05) is 19.1 Å². The van der Waals surface area contributed by atoms with Crippen molar-refractivity contribution in [3.8, 4) is 11.6 Å². The molecule has 106 valence electrons. The van der Waals surface area contributed by atoms with Gasteiger partial charge in [0.05, 0.1) is 0 Å². The first-order valence-electron chi connectivity index (χ1n) is 7.02. The molecule has 0 unspecified atom stereocenters. The highest BCUT2D eigenvalue weighted by molar-refractivity contribution is 5.41. The van der Waals surface area contributed by atoms with Crippen LogP contribution < -0.4 is 10.1 Å². The van der Waals surface area contributed by atoms with E-state index in [1.807, 2.05) is 25.3 Å². The van der Waals surface area contributed by atoms with E-state index in [0.717, 1.165) is 30.0 Å². The van der Waals surface area contributed by atoms with Crippen molar-refractivity contribution in [2.75, 3.05) is 6.54 Å². The Labute approximate surface area is 121 Å². The van der Waals surface area contributed by atoms with Crippen LogP contribution in [-0.4, -0.2) is 11.5 Å². The second-order valence-electron chi connectivity index (χ2n) is 5.05. The molecule has 20 heavy (non-hydrogen) atoms. The summed E-state index contributed by atoms with van der Waals surface area (Å²) in [5.74, 6) is 1.55. The molecular weight excluding hydrogens is 248 g/mol. The molecule has 0 aliphatic heterocycles. The molecule has 0 saturated carbocycles. The minimum atomic E-state index is 0.680. The Morgan fingerprint density at radius 3 is 2.65 bits per heavy atom. The summed E-state index contributed by atoms with van der Waals surface area (Å²) in [6.07, 6.45) is 1.87. The Kier molecular flexibility index (Phi) is 4.74. The van der Waals surface area contributed by atoms with Crippen molar-refractivity contribution in [3.63, 3.8) is 0 Å². The summed E-state index contributed by atoms with van der Waals surface area (Å²) < 4.78 is 5.95. The van der Waals surface area contributed by atoms with E-state index in [2.05, 4.69) is 43.2 Å². The number of nitrogens with one attached hydrogen (secondary N) is 1. The molecule has 0 atom stereocenters. The molecule has 3 nitrogen and oxygen atoms in total. The molecule has 1 aromatic heterocycles. The Balaban J connectivity index is 2.19. The van der Waals surface area contributed by atoms with E-state index in [9.17, 15) is 0 Å². The number of aryl methyl sites for hydroxylation is 2. The van der Waals surface area contributed by atoms with Crippen LogP contribution in [0, 0.1) is 20.8 Å². The molecule has 0 bridgehead atoms. The van der Waals surface area contributed by atoms with E-state index < -0.39 is 0 Å². The van der Waals surface area contributed by atoms with Gasteiger partial charge in [-0.25, -0.2) is 4.98 Å². The summed E-state index contributed by atoms with van der Waals surface area (Å²) in [6, 6.07) is 8.20. The van der Waals surface area contributed by atoms with Gasteiger partial charge in [0.15, 0.2) is 0 Å². The molecule has 0 radical (unpaired) electrons. The Morgan fingerprint density at radius 2 is 1.95 bits per heavy atom. The molecule has 2 rings (SSSR count). The Bertz CT molecular complexity index is 594. The lowest BCUT2D eigenvalue weighted by atomic mass is 10.1. The van der Waals surface area contributed by atoms with Gasteiger partial charge in [0.2, 0.25) is 5.88 Å². The number of hydrogen-bond donors (Lipinski definition) is 1. The van der Waals surface area contributed by atoms with Gasteiger partial charge in [0, 0.05) is 18.3 Å². The highest BCUT2D eigenvalue weighted by Crippen LogP contribution is 2.27. The topological polar surface area (TPSA) is 34.2 Å². The van der Waals surface area contributed by atoms with Crippen LogP contribution in [0.3, 0.4) is 0 Å². The zero-order chi connectivity index (χ0) is 14.5. The first-order chi connectivity index (χ1) is 9.61. The number of rotatable bonds is 5. The van der Waals surface area contributed by atoms with Crippen molar-refractivity contribution >= 4 is 0 Å². The summed E-state index contributed by atoms with van der Waals surface area (Å²) >= 11 is 0. The largest absolute Gasteiger partial charge is 0.438 e. The van der Waals surface area contributed by atoms with Crippen LogP contribution in [0.15, 0.2) is 30.5 Å². The predicted molar refractivity (Wildman–Crippen MR) is 82.3 cm³/mol. The quantitative estimate of drug-likeness (QED) is 0.894. The van der Waals surface area contributed by atoms with E-state index >= 15 is 0 Å². The lowest BCUT2D eigenvalue weighted by Gasteiger charge is -2.12. The fraction of sp³-hybridized carbons (Fsp3) is 0.353. The van der Waals surface area contributed by atoms with Crippen molar-refractivity contribution in [3.05, 3.63) is 52.7 Å². The van der Waals surface area contributed by atoms with E-state index in [0.29, 0.717) is 5.88 Å². The van der Waals surface area contributed by atoms with Gasteiger partial charge in [-0.05, 0) is 56.1 Å². The highest BCUT2D eigenvalue weighted by atomic mass is 16.5. The minimum Gasteiger partial charge on any atom is -0.438 e. The van der Waals surface area contributed by atoms with Crippen molar-refractivity contribution in [2.45, 2.75) is 34.2 Å². The average molecular weight is 270 g/mol. The van der Waals surface area contributed by atoms with Crippen molar-refractivity contribution in [1.82, 2.24) is 10.3 Å². The first-order valence-corrected chi connectivity index (χ1v) is 7.02. The van der Waals surface area contributed by atoms with Crippen molar-refractivity contribution in [2.24, 2.45) is 0 Å². The van der Waals surface area contributed by atoms with Crippen LogP contribution in [0.1, 0.15) is 29.2 Å². The maximum atomic E-state index is 5.95. The number of benzene rings is 1. The minimum absolute atomic E-state index is 0.680. The lowest BCUT2D eigenvalue weighted by molar-refractivity contribution is 0.454. The lowest BCUT2D eigenvalue weighted by Crippen LogP contribution is -2.12. The number of nitrogens with zero attached hydrogens (tertiary/aromatic N) is 1. The molecule has 0 spiro atoms. The zero-order valence-corrected chi connectivity index (χ0v) is 12.7. The van der Waals surface area contributed by atoms with Gasteiger partial charge >= 0.3 is 0 Å². The fourth-order valence-electron chi connectivity index (χ4n) is 2.03. The Morgan fingerprint density at radius 1 is 1.15 bits per heavy atom. The van der Waals surface area contributed by atoms with Gasteiger partial charge in [-0.3, -0.25) is 0 Å². The predicted octanol–water partition coefficient (Wildman–Crippen LogP) is 3.91. The molecule has 0 amide bonds. The molecule has 0 aliphatic carbocycles. The standard InChI is InChI=1S/C17H22N2O/c1-5-18-10-15-9-13(3)17(19-11-15)20-16-8-6-7-12(2)14(16)4/h6-9,11,18H,5,10H2,1-4H3. The third-order valence-corrected chi connectivity index (χ3v) is 3.43. The molecule has 0 saturated heterocycles. The molecular formula is C17H22N2O. The Hall–Kier alpha value is -1.87. The number of aromatic nitrogens is 1. The summed E-state index contributed by atoms with van der Waals surface area (Å²) in [7, 11) is 0. The van der Waals surface area contributed by atoms with Crippen molar-refractivity contribution < 1.29 is 4.74 Å². The molecule has 1 heterocycles. The second kappa shape index (κ2) is 6.53. The van der Waals surface area contributed by atoms with Gasteiger partial charge in [-0.2, -0.15) is 0 Å². The third-order valence-electron chi connectivity index (χ3n) is 3.43. The van der Waals surface area contributed by atoms with E-state index in [4.69, 9.17) is 4.74 Å². The van der Waals surface area contributed by atoms with Crippen LogP contribution in [0.4, 0.5) is 0 Å². The van der Waals surface area contributed by atoms with Crippen LogP contribution in [-0.2, 0) is 6.54 Å². The van der Waals surface area contributed by atoms with E-state index in [1.54, 1.807) is 0 Å². The molecule has 1 aromatic carbocycles. The number of hydrogen-bond acceptors (Lipinski definition) is 3. The van der Waals surface area contributed by atoms with E-state index in [1.165, 1.54) is 11.1 Å². The molecule has 1 N–H and O–H groups in total. The van der Waals surface area contributed by atoms with Gasteiger partial charge in [-0.15, -0.1) is 0 Å². The number of pyridine rings is 1. The smallest absolute Gasteiger partial charge is 0.222 e. The monoisotopic (exact) mass is 270 g/mol. The molecule has 0 fully saturated rings. The number of ether oxygens (including phenoxy) is 1. The van der Waals surface area contributed by atoms with Crippen LogP contribution in [0.2, 0.25) is 0 Å². The van der Waals surface area contributed by atoms with Gasteiger partial charge < -0.3 is 10.1 Å². The second-order valence-corrected chi connectivity index (χ2v) is 5.05.